The molecule has 2 N–H and O–H groups in total. The zero-order valence-electron chi connectivity index (χ0n) is 13.7. The maximum absolute atomic E-state index is 12.8. The van der Waals surface area contributed by atoms with E-state index in [9.17, 15) is 4.79 Å². The van der Waals surface area contributed by atoms with Gasteiger partial charge in [0.15, 0.2) is 11.5 Å². The van der Waals surface area contributed by atoms with Crippen LogP contribution in [0.4, 0.5) is 11.4 Å². The molecule has 1 amide bonds. The van der Waals surface area contributed by atoms with E-state index in [1.807, 2.05) is 12.1 Å². The first-order chi connectivity index (χ1) is 11.6. The highest BCUT2D eigenvalue weighted by Crippen LogP contribution is 2.37. The summed E-state index contributed by atoms with van der Waals surface area (Å²) in [5.74, 6) is 0.702. The second kappa shape index (κ2) is 6.62. The molecule has 122 valence electrons. The van der Waals surface area contributed by atoms with Gasteiger partial charge in [-0.3, -0.25) is 9.69 Å². The molecule has 2 aromatic rings. The molecule has 0 bridgehead atoms. The van der Waals surface area contributed by atoms with Crippen LogP contribution in [0.5, 0.6) is 5.75 Å². The Morgan fingerprint density at radius 3 is 2.62 bits per heavy atom. The maximum atomic E-state index is 12.8. The lowest BCUT2D eigenvalue weighted by atomic mass is 10.1. The molecule has 0 aliphatic carbocycles. The monoisotopic (exact) mass is 320 g/mol. The second-order valence-corrected chi connectivity index (χ2v) is 5.64. The molecule has 24 heavy (non-hydrogen) atoms. The minimum absolute atomic E-state index is 0.201. The Kier molecular flexibility index (Phi) is 4.38. The Balaban J connectivity index is 2.00. The summed E-state index contributed by atoms with van der Waals surface area (Å²) in [5, 5.41) is 0. The third-order valence-electron chi connectivity index (χ3n) is 3.95. The SMILES string of the molecule is C=CCN1C(=O)/C(=C\c2ccc(CC)cc2)Oc2ccc(N)cc21. The number of aryl methyl sites for hydroxylation is 1. The number of hydrogen-bond donors (Lipinski definition) is 1. The van der Waals surface area contributed by atoms with Gasteiger partial charge in [-0.25, -0.2) is 0 Å². The van der Waals surface area contributed by atoms with Crippen LogP contribution in [0.15, 0.2) is 60.9 Å². The largest absolute Gasteiger partial charge is 0.449 e. The van der Waals surface area contributed by atoms with Crippen molar-refractivity contribution < 1.29 is 9.53 Å². The van der Waals surface area contributed by atoms with E-state index in [2.05, 4.69) is 25.6 Å². The molecule has 0 saturated heterocycles. The zero-order chi connectivity index (χ0) is 17.1. The minimum atomic E-state index is -0.201. The number of hydrogen-bond acceptors (Lipinski definition) is 3. The van der Waals surface area contributed by atoms with Crippen LogP contribution in [0, 0.1) is 0 Å². The lowest BCUT2D eigenvalue weighted by molar-refractivity contribution is -0.117. The first-order valence-electron chi connectivity index (χ1n) is 7.93. The Bertz CT molecular complexity index is 807. The number of ether oxygens (including phenoxy) is 1. The summed E-state index contributed by atoms with van der Waals surface area (Å²) in [7, 11) is 0. The van der Waals surface area contributed by atoms with Gasteiger partial charge < -0.3 is 10.5 Å². The van der Waals surface area contributed by atoms with E-state index in [4.69, 9.17) is 10.5 Å². The van der Waals surface area contributed by atoms with Crippen LogP contribution in [0.3, 0.4) is 0 Å². The van der Waals surface area contributed by atoms with E-state index in [-0.39, 0.29) is 5.91 Å². The van der Waals surface area contributed by atoms with Gasteiger partial charge in [0.2, 0.25) is 0 Å². The molecule has 0 atom stereocenters. The van der Waals surface area contributed by atoms with Crippen molar-refractivity contribution in [3.63, 3.8) is 0 Å². The molecule has 1 heterocycles. The molecule has 0 fully saturated rings. The molecule has 0 unspecified atom stereocenters. The van der Waals surface area contributed by atoms with Crippen LogP contribution in [-0.4, -0.2) is 12.5 Å². The highest BCUT2D eigenvalue weighted by Gasteiger charge is 2.29. The van der Waals surface area contributed by atoms with Gasteiger partial charge in [-0.15, -0.1) is 6.58 Å². The van der Waals surface area contributed by atoms with Gasteiger partial charge in [-0.1, -0.05) is 37.3 Å². The van der Waals surface area contributed by atoms with Crippen LogP contribution in [0.1, 0.15) is 18.1 Å². The van der Waals surface area contributed by atoms with Gasteiger partial charge in [0.1, 0.15) is 0 Å². The Hall–Kier alpha value is -3.01. The zero-order valence-corrected chi connectivity index (χ0v) is 13.7. The van der Waals surface area contributed by atoms with E-state index >= 15 is 0 Å². The average Bonchev–Trinajstić information content (AvgIpc) is 2.60. The first-order valence-corrected chi connectivity index (χ1v) is 7.93. The Morgan fingerprint density at radius 2 is 1.96 bits per heavy atom. The Morgan fingerprint density at radius 1 is 1.21 bits per heavy atom. The summed E-state index contributed by atoms with van der Waals surface area (Å²) in [4.78, 5) is 14.4. The summed E-state index contributed by atoms with van der Waals surface area (Å²) >= 11 is 0. The quantitative estimate of drug-likeness (QED) is 0.530. The topological polar surface area (TPSA) is 55.6 Å². The summed E-state index contributed by atoms with van der Waals surface area (Å²) in [5.41, 5.74) is 9.26. The summed E-state index contributed by atoms with van der Waals surface area (Å²) in [6, 6.07) is 13.3. The molecule has 0 spiro atoms. The fraction of sp³-hybridized carbons (Fsp3) is 0.150. The predicted molar refractivity (Wildman–Crippen MR) is 97.8 cm³/mol. The molecular weight excluding hydrogens is 300 g/mol. The van der Waals surface area contributed by atoms with Crippen molar-refractivity contribution in [3.05, 3.63) is 72.0 Å². The molecule has 0 radical (unpaired) electrons. The number of benzene rings is 2. The van der Waals surface area contributed by atoms with Gasteiger partial charge in [-0.2, -0.15) is 0 Å². The summed E-state index contributed by atoms with van der Waals surface area (Å²) in [6.07, 6.45) is 4.43. The minimum Gasteiger partial charge on any atom is -0.449 e. The number of fused-ring (bicyclic) bond motifs is 1. The molecule has 0 aromatic heterocycles. The number of amides is 1. The van der Waals surface area contributed by atoms with Gasteiger partial charge in [-0.05, 0) is 41.8 Å². The van der Waals surface area contributed by atoms with Crippen LogP contribution < -0.4 is 15.4 Å². The molecule has 1 aliphatic heterocycles. The lowest BCUT2D eigenvalue weighted by Crippen LogP contribution is -2.37. The van der Waals surface area contributed by atoms with Crippen molar-refractivity contribution in [1.29, 1.82) is 0 Å². The van der Waals surface area contributed by atoms with Crippen molar-refractivity contribution in [2.75, 3.05) is 17.2 Å². The molecule has 4 nitrogen and oxygen atoms in total. The van der Waals surface area contributed by atoms with Crippen LogP contribution in [0.25, 0.3) is 6.08 Å². The van der Waals surface area contributed by atoms with Crippen molar-refractivity contribution in [2.45, 2.75) is 13.3 Å². The van der Waals surface area contributed by atoms with E-state index in [0.717, 1.165) is 12.0 Å². The molecule has 1 aliphatic rings. The molecule has 2 aromatic carbocycles. The van der Waals surface area contributed by atoms with Gasteiger partial charge >= 0.3 is 0 Å². The maximum Gasteiger partial charge on any atom is 0.294 e. The number of anilines is 2. The van der Waals surface area contributed by atoms with E-state index in [1.54, 1.807) is 35.3 Å². The van der Waals surface area contributed by atoms with E-state index in [1.165, 1.54) is 5.56 Å². The molecule has 3 rings (SSSR count). The first kappa shape index (κ1) is 15.9. The number of nitrogens with zero attached hydrogens (tertiary/aromatic N) is 1. The van der Waals surface area contributed by atoms with Crippen molar-refractivity contribution in [2.24, 2.45) is 0 Å². The molecule has 4 heteroatoms. The predicted octanol–water partition coefficient (Wildman–Crippen LogP) is 3.78. The fourth-order valence-corrected chi connectivity index (χ4v) is 2.64. The van der Waals surface area contributed by atoms with Crippen molar-refractivity contribution in [1.82, 2.24) is 0 Å². The number of rotatable bonds is 4. The van der Waals surface area contributed by atoms with Crippen LogP contribution >= 0.6 is 0 Å². The Labute approximate surface area is 141 Å². The third-order valence-corrected chi connectivity index (χ3v) is 3.95. The lowest BCUT2D eigenvalue weighted by Gasteiger charge is -2.30. The van der Waals surface area contributed by atoms with Crippen LogP contribution in [-0.2, 0) is 11.2 Å². The normalized spacial score (nSPS) is 15.1. The van der Waals surface area contributed by atoms with E-state index in [0.29, 0.717) is 29.4 Å². The third kappa shape index (κ3) is 3.04. The highest BCUT2D eigenvalue weighted by atomic mass is 16.5. The fourth-order valence-electron chi connectivity index (χ4n) is 2.64. The number of carbonyl (C=O) groups excluding carboxylic acids is 1. The smallest absolute Gasteiger partial charge is 0.294 e. The second-order valence-electron chi connectivity index (χ2n) is 5.64. The van der Waals surface area contributed by atoms with Crippen molar-refractivity contribution >= 4 is 23.4 Å². The van der Waals surface area contributed by atoms with Crippen LogP contribution in [0.2, 0.25) is 0 Å². The number of nitrogens with two attached hydrogens (primary N) is 1. The van der Waals surface area contributed by atoms with Gasteiger partial charge in [0, 0.05) is 12.2 Å². The highest BCUT2D eigenvalue weighted by molar-refractivity contribution is 6.10. The number of carbonyl (C=O) groups is 1. The van der Waals surface area contributed by atoms with Gasteiger partial charge in [0.25, 0.3) is 5.91 Å². The standard InChI is InChI=1S/C20H20N2O2/c1-3-11-22-17-13-16(21)9-10-18(17)24-19(20(22)23)12-15-7-5-14(4-2)6-8-15/h3,5-10,12-13H,1,4,11,21H2,2H3/b19-12+. The molecular formula is C20H20N2O2. The van der Waals surface area contributed by atoms with Gasteiger partial charge in [0.05, 0.1) is 5.69 Å². The summed E-state index contributed by atoms with van der Waals surface area (Å²) < 4.78 is 5.82. The molecule has 0 saturated carbocycles. The van der Waals surface area contributed by atoms with E-state index < -0.39 is 0 Å². The van der Waals surface area contributed by atoms with Crippen molar-refractivity contribution in [3.8, 4) is 5.75 Å². The summed E-state index contributed by atoms with van der Waals surface area (Å²) in [6.45, 7) is 6.23. The number of nitrogen functional groups attached to an aromatic ring is 1. The average molecular weight is 320 g/mol.